The van der Waals surface area contributed by atoms with Crippen LogP contribution in [0.2, 0.25) is 0 Å². The number of hydrogen-bond acceptors (Lipinski definition) is 9. The Morgan fingerprint density at radius 1 is 0.793 bits per heavy atom. The maximum Gasteiger partial charge on any atom is 0.407 e. The van der Waals surface area contributed by atoms with Gasteiger partial charge in [0.2, 0.25) is 11.8 Å². The molecule has 1 unspecified atom stereocenters. The molecule has 0 aliphatic carbocycles. The van der Waals surface area contributed by atoms with Crippen LogP contribution in [0.4, 0.5) is 9.59 Å². The molecule has 15 heteroatoms. The van der Waals surface area contributed by atoms with Crippen LogP contribution in [0.1, 0.15) is 82.7 Å². The zero-order valence-electron chi connectivity index (χ0n) is 33.7. The van der Waals surface area contributed by atoms with Crippen molar-refractivity contribution in [2.75, 3.05) is 27.3 Å². The average molecular weight is 791 g/mol. The van der Waals surface area contributed by atoms with Gasteiger partial charge in [0.15, 0.2) is 0 Å². The van der Waals surface area contributed by atoms with Crippen LogP contribution >= 0.6 is 0 Å². The van der Waals surface area contributed by atoms with Crippen molar-refractivity contribution < 1.29 is 33.4 Å². The van der Waals surface area contributed by atoms with Gasteiger partial charge in [-0.2, -0.15) is 0 Å². The summed E-state index contributed by atoms with van der Waals surface area (Å²) in [4.78, 5) is 71.8. The third-order valence-corrected chi connectivity index (χ3v) is 11.8. The number of ether oxygens (including phenoxy) is 3. The van der Waals surface area contributed by atoms with Crippen molar-refractivity contribution in [1.29, 1.82) is 0 Å². The number of amides is 4. The van der Waals surface area contributed by atoms with E-state index in [9.17, 15) is 19.2 Å². The highest BCUT2D eigenvalue weighted by atomic mass is 16.5. The second kappa shape index (κ2) is 15.7. The van der Waals surface area contributed by atoms with Gasteiger partial charge >= 0.3 is 12.2 Å². The number of methoxy groups -OCH3 is 2. The molecule has 5 heterocycles. The Labute approximate surface area is 336 Å². The average Bonchev–Trinajstić information content (AvgIpc) is 4.06. The second-order valence-corrected chi connectivity index (χ2v) is 16.1. The smallest absolute Gasteiger partial charge is 0.407 e. The van der Waals surface area contributed by atoms with E-state index in [-0.39, 0.29) is 35.7 Å². The van der Waals surface area contributed by atoms with E-state index in [4.69, 9.17) is 24.2 Å². The fraction of sp³-hybridized carbons (Fsp3) is 0.442. The van der Waals surface area contributed by atoms with E-state index in [1.807, 2.05) is 49.8 Å². The number of benzene rings is 3. The molecule has 0 bridgehead atoms. The largest absolute Gasteiger partial charge is 0.488 e. The number of aromatic amines is 2. The van der Waals surface area contributed by atoms with E-state index in [1.54, 1.807) is 0 Å². The number of hydrogen-bond donors (Lipinski definition) is 4. The number of carbonyl (C=O) groups is 4. The van der Waals surface area contributed by atoms with Gasteiger partial charge in [0.1, 0.15) is 36.1 Å². The van der Waals surface area contributed by atoms with Crippen molar-refractivity contribution in [2.24, 2.45) is 11.8 Å². The first kappa shape index (κ1) is 38.7. The van der Waals surface area contributed by atoms with E-state index in [0.717, 1.165) is 87.0 Å². The van der Waals surface area contributed by atoms with Gasteiger partial charge in [-0.05, 0) is 83.9 Å². The molecule has 4 atom stereocenters. The number of alkyl carbamates (subject to hydrolysis) is 2. The molecular weight excluding hydrogens is 741 g/mol. The zero-order chi connectivity index (χ0) is 40.8. The van der Waals surface area contributed by atoms with E-state index in [0.29, 0.717) is 25.5 Å². The maximum atomic E-state index is 13.7. The number of carbonyl (C=O) groups excluding carboxylic acids is 4. The van der Waals surface area contributed by atoms with Crippen molar-refractivity contribution in [3.05, 3.63) is 65.9 Å². The third-order valence-electron chi connectivity index (χ3n) is 11.8. The van der Waals surface area contributed by atoms with Crippen molar-refractivity contribution in [3.8, 4) is 28.1 Å². The Hall–Kier alpha value is -6.12. The molecule has 2 saturated heterocycles. The van der Waals surface area contributed by atoms with Crippen LogP contribution in [-0.2, 0) is 25.7 Å². The number of imidazole rings is 2. The molecule has 304 valence electrons. The number of nitrogens with one attached hydrogen (secondary N) is 4. The fourth-order valence-electron chi connectivity index (χ4n) is 8.67. The molecule has 58 heavy (non-hydrogen) atoms. The molecule has 15 nitrogen and oxygen atoms in total. The third kappa shape index (κ3) is 7.06. The fourth-order valence-corrected chi connectivity index (χ4v) is 8.67. The molecule has 3 aromatic carbocycles. The van der Waals surface area contributed by atoms with Crippen molar-refractivity contribution in [2.45, 2.75) is 84.2 Å². The van der Waals surface area contributed by atoms with E-state index < -0.39 is 24.3 Å². The highest BCUT2D eigenvalue weighted by Crippen LogP contribution is 2.43. The van der Waals surface area contributed by atoms with Gasteiger partial charge in [-0.1, -0.05) is 45.9 Å². The summed E-state index contributed by atoms with van der Waals surface area (Å²) in [7, 11) is 2.58. The minimum Gasteiger partial charge on any atom is -0.488 e. The summed E-state index contributed by atoms with van der Waals surface area (Å²) < 4.78 is 16.0. The van der Waals surface area contributed by atoms with Crippen LogP contribution in [-0.4, -0.2) is 93.1 Å². The molecule has 3 aliphatic heterocycles. The number of nitrogens with zero attached hydrogens (tertiary/aromatic N) is 4. The SMILES string of the molecule is COC(=O)NC(C(=O)N1CCC[C@H]1c1ncc(-c2ccc3c(c2)COc2cc4c(ccc5[nH]c([C@@H]6CCCN6C(=O)[C@@H](NC(=O)OC)C(C)C)nc54)cc2-3)[nH]1)C(C)C. The van der Waals surface area contributed by atoms with Crippen molar-refractivity contribution in [3.63, 3.8) is 0 Å². The first-order valence-corrected chi connectivity index (χ1v) is 20.0. The van der Waals surface area contributed by atoms with Crippen molar-refractivity contribution in [1.82, 2.24) is 40.4 Å². The molecule has 0 spiro atoms. The normalized spacial score (nSPS) is 18.6. The Kier molecular flexibility index (Phi) is 10.5. The summed E-state index contributed by atoms with van der Waals surface area (Å²) in [5, 5.41) is 7.38. The Balaban J connectivity index is 1.03. The molecule has 5 aromatic rings. The van der Waals surface area contributed by atoms with Crippen LogP contribution in [0.5, 0.6) is 5.75 Å². The summed E-state index contributed by atoms with van der Waals surface area (Å²) in [5.41, 5.74) is 6.60. The second-order valence-electron chi connectivity index (χ2n) is 16.1. The minimum absolute atomic E-state index is 0.116. The van der Waals surface area contributed by atoms with Crippen LogP contribution in [0, 0.1) is 11.8 Å². The number of H-pyrrole nitrogens is 2. The van der Waals surface area contributed by atoms with Gasteiger partial charge in [0, 0.05) is 24.0 Å². The van der Waals surface area contributed by atoms with E-state index in [2.05, 4.69) is 57.0 Å². The number of rotatable bonds is 9. The summed E-state index contributed by atoms with van der Waals surface area (Å²) in [5.74, 6) is 1.66. The molecule has 0 saturated carbocycles. The highest BCUT2D eigenvalue weighted by Gasteiger charge is 2.39. The standard InChI is InChI=1S/C43H50N8O7/c1-22(2)35(48-42(54)56-5)40(52)50-15-7-9-32(50)38-44-20-31(46-38)25-11-13-27-26(17-25)21-58-34-19-28-24(18-29(27)34)12-14-30-37(28)47-39(45-30)33-10-8-16-51(33)41(53)36(23(3)4)49-43(55)57-6/h11-14,17-20,22-23,32-33,35-36H,7-10,15-16,21H2,1-6H3,(H,44,46)(H,45,47)(H,48,54)(H,49,55)/t32-,33-,35?,36-/m0/s1. The predicted molar refractivity (Wildman–Crippen MR) is 217 cm³/mol. The quantitative estimate of drug-likeness (QED) is 0.125. The van der Waals surface area contributed by atoms with Crippen LogP contribution in [0.25, 0.3) is 44.2 Å². The van der Waals surface area contributed by atoms with Crippen LogP contribution in [0.3, 0.4) is 0 Å². The molecular formula is C43H50N8O7. The van der Waals surface area contributed by atoms with Crippen LogP contribution < -0.4 is 15.4 Å². The highest BCUT2D eigenvalue weighted by molar-refractivity contribution is 6.07. The molecule has 3 aliphatic rings. The van der Waals surface area contributed by atoms with Gasteiger partial charge in [-0.25, -0.2) is 19.6 Å². The van der Waals surface area contributed by atoms with Crippen molar-refractivity contribution >= 4 is 45.8 Å². The van der Waals surface area contributed by atoms with Gasteiger partial charge < -0.3 is 44.6 Å². The lowest BCUT2D eigenvalue weighted by molar-refractivity contribution is -0.136. The van der Waals surface area contributed by atoms with E-state index >= 15 is 0 Å². The first-order valence-electron chi connectivity index (χ1n) is 20.0. The number of aromatic nitrogens is 4. The molecule has 2 aromatic heterocycles. The number of fused-ring (bicyclic) bond motifs is 6. The van der Waals surface area contributed by atoms with Gasteiger partial charge in [0.25, 0.3) is 0 Å². The zero-order valence-corrected chi connectivity index (χ0v) is 33.7. The lowest BCUT2D eigenvalue weighted by Crippen LogP contribution is -2.51. The Morgan fingerprint density at radius 2 is 1.43 bits per heavy atom. The summed E-state index contributed by atoms with van der Waals surface area (Å²) in [6.45, 7) is 9.15. The maximum absolute atomic E-state index is 13.7. The molecule has 8 rings (SSSR count). The monoisotopic (exact) mass is 790 g/mol. The van der Waals surface area contributed by atoms with Gasteiger partial charge in [0.05, 0.1) is 49.2 Å². The molecule has 0 radical (unpaired) electrons. The number of likely N-dealkylation sites (tertiary alicyclic amines) is 2. The minimum atomic E-state index is -0.708. The van der Waals surface area contributed by atoms with E-state index in [1.165, 1.54) is 14.2 Å². The predicted octanol–water partition coefficient (Wildman–Crippen LogP) is 6.75. The Bertz CT molecular complexity index is 2400. The lowest BCUT2D eigenvalue weighted by Gasteiger charge is -2.30. The van der Waals surface area contributed by atoms with Crippen LogP contribution in [0.15, 0.2) is 48.7 Å². The Morgan fingerprint density at radius 3 is 2.05 bits per heavy atom. The first-order chi connectivity index (χ1) is 27.9. The summed E-state index contributed by atoms with van der Waals surface area (Å²) in [6.07, 6.45) is 3.74. The lowest BCUT2D eigenvalue weighted by atomic mass is 9.92. The summed E-state index contributed by atoms with van der Waals surface area (Å²) >= 11 is 0. The molecule has 4 amide bonds. The van der Waals surface area contributed by atoms with Gasteiger partial charge in [-0.15, -0.1) is 0 Å². The molecule has 2 fully saturated rings. The summed E-state index contributed by atoms with van der Waals surface area (Å²) in [6, 6.07) is 12.7. The topological polar surface area (TPSA) is 184 Å². The molecule has 4 N–H and O–H groups in total. The van der Waals surface area contributed by atoms with Gasteiger partial charge in [-0.3, -0.25) is 9.59 Å².